The van der Waals surface area contributed by atoms with Crippen LogP contribution in [0.25, 0.3) is 0 Å². The number of ether oxygens (including phenoxy) is 1. The van der Waals surface area contributed by atoms with E-state index in [1.807, 2.05) is 0 Å². The molecule has 0 aromatic heterocycles. The van der Waals surface area contributed by atoms with Gasteiger partial charge in [0.2, 0.25) is 0 Å². The lowest BCUT2D eigenvalue weighted by Gasteiger charge is -2.00. The zero-order chi connectivity index (χ0) is 5.70. The maximum Gasteiger partial charge on any atom is 0.113 e. The van der Waals surface area contributed by atoms with E-state index in [1.54, 1.807) is 6.92 Å². The van der Waals surface area contributed by atoms with Gasteiger partial charge >= 0.3 is 0 Å². The van der Waals surface area contributed by atoms with Crippen molar-refractivity contribution in [1.29, 1.82) is 0 Å². The van der Waals surface area contributed by atoms with Gasteiger partial charge < -0.3 is 9.84 Å². The normalized spacial score (nSPS) is 12.9. The molecule has 7 heavy (non-hydrogen) atoms. The quantitative estimate of drug-likeness (QED) is 0.526. The molecule has 2 heteroatoms. The van der Waals surface area contributed by atoms with Crippen molar-refractivity contribution in [2.24, 2.45) is 0 Å². The van der Waals surface area contributed by atoms with E-state index in [2.05, 4.69) is 11.3 Å². The summed E-state index contributed by atoms with van der Waals surface area (Å²) in [6, 6.07) is 0. The monoisotopic (exact) mass is 102 g/mol. The van der Waals surface area contributed by atoms with Gasteiger partial charge in [-0.15, -0.1) is 0 Å². The summed E-state index contributed by atoms with van der Waals surface area (Å²) in [7, 11) is 0. The van der Waals surface area contributed by atoms with Crippen LogP contribution in [0.5, 0.6) is 0 Å². The minimum Gasteiger partial charge on any atom is -0.499 e. The lowest BCUT2D eigenvalue weighted by Crippen LogP contribution is -2.06. The highest BCUT2D eigenvalue weighted by molar-refractivity contribution is 4.50. The van der Waals surface area contributed by atoms with Crippen LogP contribution in [-0.2, 0) is 4.74 Å². The van der Waals surface area contributed by atoms with Crippen molar-refractivity contribution >= 4 is 0 Å². The van der Waals surface area contributed by atoms with Crippen LogP contribution in [0.3, 0.4) is 0 Å². The highest BCUT2D eigenvalue weighted by atomic mass is 16.5. The highest BCUT2D eigenvalue weighted by Crippen LogP contribution is 1.80. The third-order valence-corrected chi connectivity index (χ3v) is 0.455. The molecule has 0 aliphatic heterocycles. The second-order valence-electron chi connectivity index (χ2n) is 1.35. The van der Waals surface area contributed by atoms with Crippen molar-refractivity contribution in [3.8, 4) is 0 Å². The standard InChI is InChI=1S/C5H10O2/c1-3-7-4-5(2)6/h3,5-6H,1,4H2,2H3. The average Bonchev–Trinajstić information content (AvgIpc) is 1.61. The molecule has 1 unspecified atom stereocenters. The van der Waals surface area contributed by atoms with Crippen LogP contribution in [0.4, 0.5) is 0 Å². The summed E-state index contributed by atoms with van der Waals surface area (Å²) in [6.07, 6.45) is 0.921. The van der Waals surface area contributed by atoms with Crippen molar-refractivity contribution in [2.45, 2.75) is 13.0 Å². The number of aliphatic hydroxyl groups is 1. The molecular weight excluding hydrogens is 92.1 g/mol. The molecule has 0 rings (SSSR count). The Labute approximate surface area is 43.4 Å². The summed E-state index contributed by atoms with van der Waals surface area (Å²) in [6.45, 7) is 5.29. The Morgan fingerprint density at radius 1 is 2.00 bits per heavy atom. The predicted molar refractivity (Wildman–Crippen MR) is 27.8 cm³/mol. The zero-order valence-corrected chi connectivity index (χ0v) is 4.42. The fourth-order valence-corrected chi connectivity index (χ4v) is 0.207. The molecule has 0 saturated carbocycles. The number of aliphatic hydroxyl groups excluding tert-OH is 1. The van der Waals surface area contributed by atoms with E-state index in [0.29, 0.717) is 6.61 Å². The zero-order valence-electron chi connectivity index (χ0n) is 4.42. The first-order valence-corrected chi connectivity index (χ1v) is 2.18. The van der Waals surface area contributed by atoms with Gasteiger partial charge in [0.15, 0.2) is 0 Å². The van der Waals surface area contributed by atoms with Crippen molar-refractivity contribution in [2.75, 3.05) is 6.61 Å². The molecular formula is C5H10O2. The van der Waals surface area contributed by atoms with Crippen LogP contribution in [0.1, 0.15) is 6.92 Å². The van der Waals surface area contributed by atoms with E-state index in [0.717, 1.165) is 0 Å². The van der Waals surface area contributed by atoms with Gasteiger partial charge in [0, 0.05) is 0 Å². The molecule has 42 valence electrons. The molecule has 0 aliphatic carbocycles. The van der Waals surface area contributed by atoms with E-state index in [-0.39, 0.29) is 0 Å². The van der Waals surface area contributed by atoms with Crippen LogP contribution in [0.15, 0.2) is 12.8 Å². The van der Waals surface area contributed by atoms with Gasteiger partial charge in [-0.1, -0.05) is 6.58 Å². The Morgan fingerprint density at radius 2 is 2.57 bits per heavy atom. The van der Waals surface area contributed by atoms with Gasteiger partial charge in [-0.2, -0.15) is 0 Å². The minimum absolute atomic E-state index is 0.337. The van der Waals surface area contributed by atoms with E-state index < -0.39 is 6.10 Å². The van der Waals surface area contributed by atoms with Crippen LogP contribution in [0.2, 0.25) is 0 Å². The Morgan fingerprint density at radius 3 is 2.71 bits per heavy atom. The van der Waals surface area contributed by atoms with Gasteiger partial charge in [-0.25, -0.2) is 0 Å². The lowest BCUT2D eigenvalue weighted by atomic mass is 10.5. The number of hydrogen-bond acceptors (Lipinski definition) is 2. The molecule has 1 N–H and O–H groups in total. The van der Waals surface area contributed by atoms with E-state index in [4.69, 9.17) is 5.11 Å². The molecule has 0 radical (unpaired) electrons. The Hall–Kier alpha value is -0.500. The maximum atomic E-state index is 8.51. The van der Waals surface area contributed by atoms with E-state index in [9.17, 15) is 0 Å². The highest BCUT2D eigenvalue weighted by Gasteiger charge is 1.89. The topological polar surface area (TPSA) is 29.5 Å². The molecule has 0 bridgehead atoms. The third-order valence-electron chi connectivity index (χ3n) is 0.455. The second kappa shape index (κ2) is 3.68. The SMILES string of the molecule is C=COCC(C)O. The first kappa shape index (κ1) is 6.50. The van der Waals surface area contributed by atoms with Gasteiger partial charge in [0.25, 0.3) is 0 Å². The smallest absolute Gasteiger partial charge is 0.113 e. The summed E-state index contributed by atoms with van der Waals surface area (Å²) in [4.78, 5) is 0. The predicted octanol–water partition coefficient (Wildman–Crippen LogP) is 0.527. The maximum absolute atomic E-state index is 8.51. The Balaban J connectivity index is 2.81. The van der Waals surface area contributed by atoms with Crippen LogP contribution < -0.4 is 0 Å². The van der Waals surface area contributed by atoms with Crippen LogP contribution in [0, 0.1) is 0 Å². The fourth-order valence-electron chi connectivity index (χ4n) is 0.207. The Kier molecular flexibility index (Phi) is 3.42. The fraction of sp³-hybridized carbons (Fsp3) is 0.600. The number of hydrogen-bond donors (Lipinski definition) is 1. The molecule has 0 aromatic carbocycles. The summed E-state index contributed by atoms with van der Waals surface area (Å²) >= 11 is 0. The Bertz CT molecular complexity index is 50.0. The van der Waals surface area contributed by atoms with Crippen molar-refractivity contribution in [1.82, 2.24) is 0 Å². The van der Waals surface area contributed by atoms with E-state index in [1.165, 1.54) is 6.26 Å². The van der Waals surface area contributed by atoms with Gasteiger partial charge in [0.05, 0.1) is 12.4 Å². The van der Waals surface area contributed by atoms with E-state index >= 15 is 0 Å². The molecule has 2 nitrogen and oxygen atoms in total. The lowest BCUT2D eigenvalue weighted by molar-refractivity contribution is 0.0980. The molecule has 0 aromatic rings. The summed E-state index contributed by atoms with van der Waals surface area (Å²) in [5.74, 6) is 0. The molecule has 0 amide bonds. The van der Waals surface area contributed by atoms with Crippen LogP contribution >= 0.6 is 0 Å². The number of rotatable bonds is 3. The second-order valence-corrected chi connectivity index (χ2v) is 1.35. The summed E-state index contributed by atoms with van der Waals surface area (Å²) in [5, 5.41) is 8.51. The van der Waals surface area contributed by atoms with Crippen molar-refractivity contribution in [3.05, 3.63) is 12.8 Å². The largest absolute Gasteiger partial charge is 0.499 e. The van der Waals surface area contributed by atoms with Gasteiger partial charge in [0.1, 0.15) is 6.61 Å². The molecule has 0 heterocycles. The van der Waals surface area contributed by atoms with Crippen molar-refractivity contribution < 1.29 is 9.84 Å². The van der Waals surface area contributed by atoms with Crippen LogP contribution in [-0.4, -0.2) is 17.8 Å². The van der Waals surface area contributed by atoms with Crippen molar-refractivity contribution in [3.63, 3.8) is 0 Å². The average molecular weight is 102 g/mol. The summed E-state index contributed by atoms with van der Waals surface area (Å²) < 4.78 is 4.61. The minimum atomic E-state index is -0.391. The summed E-state index contributed by atoms with van der Waals surface area (Å²) in [5.41, 5.74) is 0. The first-order chi connectivity index (χ1) is 3.27. The molecule has 0 spiro atoms. The van der Waals surface area contributed by atoms with Gasteiger partial charge in [-0.05, 0) is 6.92 Å². The third kappa shape index (κ3) is 5.50. The molecule has 1 atom stereocenters. The van der Waals surface area contributed by atoms with Gasteiger partial charge in [-0.3, -0.25) is 0 Å². The molecule has 0 aliphatic rings. The molecule has 0 saturated heterocycles. The molecule has 0 fully saturated rings. The first-order valence-electron chi connectivity index (χ1n) is 2.18.